The van der Waals surface area contributed by atoms with E-state index in [2.05, 4.69) is 17.3 Å². The predicted molar refractivity (Wildman–Crippen MR) is 76.0 cm³/mol. The highest BCUT2D eigenvalue weighted by Gasteiger charge is 2.02. The van der Waals surface area contributed by atoms with E-state index < -0.39 is 0 Å². The third kappa shape index (κ3) is 3.59. The Balaban J connectivity index is 1.82. The van der Waals surface area contributed by atoms with Gasteiger partial charge in [-0.3, -0.25) is 4.68 Å². The molecule has 0 aliphatic rings. The monoisotopic (exact) mass is 270 g/mol. The highest BCUT2D eigenvalue weighted by atomic mass is 16.5. The number of ether oxygens (including phenoxy) is 1. The van der Waals surface area contributed by atoms with E-state index >= 15 is 0 Å². The number of aryl methyl sites for hydroxylation is 1. The van der Waals surface area contributed by atoms with Crippen molar-refractivity contribution in [1.82, 2.24) is 15.1 Å². The van der Waals surface area contributed by atoms with Crippen molar-refractivity contribution in [2.75, 3.05) is 6.61 Å². The van der Waals surface area contributed by atoms with E-state index in [1.54, 1.807) is 0 Å². The highest BCUT2D eigenvalue weighted by Crippen LogP contribution is 2.12. The largest absolute Gasteiger partial charge is 0.479 e. The third-order valence-electron chi connectivity index (χ3n) is 3.21. The summed E-state index contributed by atoms with van der Waals surface area (Å²) in [5, 5.41) is 16.0. The fraction of sp³-hybridized carbons (Fsp3) is 0.333. The number of aromatic nitrogens is 2. The molecular weight excluding hydrogens is 252 g/mol. The molecule has 1 N–H and O–H groups in total. The summed E-state index contributed by atoms with van der Waals surface area (Å²) < 4.78 is 7.08. The van der Waals surface area contributed by atoms with Gasteiger partial charge in [-0.05, 0) is 24.6 Å². The molecule has 0 amide bonds. The zero-order chi connectivity index (χ0) is 14.4. The molecule has 0 aliphatic carbocycles. The topological polar surface area (TPSA) is 62.9 Å². The maximum absolute atomic E-state index is 8.44. The van der Waals surface area contributed by atoms with Gasteiger partial charge in [-0.15, -0.1) is 0 Å². The molecule has 0 radical (unpaired) electrons. The molecule has 0 saturated carbocycles. The van der Waals surface area contributed by atoms with Crippen LogP contribution in [0, 0.1) is 18.3 Å². The van der Waals surface area contributed by atoms with Crippen LogP contribution in [-0.4, -0.2) is 16.4 Å². The van der Waals surface area contributed by atoms with Crippen LogP contribution in [0.25, 0.3) is 0 Å². The minimum absolute atomic E-state index is 0.0812. The molecule has 1 aromatic heterocycles. The van der Waals surface area contributed by atoms with Gasteiger partial charge in [-0.1, -0.05) is 12.1 Å². The molecule has 0 fully saturated rings. The lowest BCUT2D eigenvalue weighted by atomic mass is 10.2. The van der Waals surface area contributed by atoms with Crippen LogP contribution in [0.3, 0.4) is 0 Å². The van der Waals surface area contributed by atoms with E-state index in [0.717, 1.165) is 18.8 Å². The quantitative estimate of drug-likeness (QED) is 0.871. The second kappa shape index (κ2) is 6.73. The minimum atomic E-state index is 0.0812. The Morgan fingerprint density at radius 3 is 2.65 bits per heavy atom. The molecule has 0 aliphatic heterocycles. The van der Waals surface area contributed by atoms with E-state index in [4.69, 9.17) is 10.00 Å². The number of nitrogens with one attached hydrogen (secondary N) is 1. The lowest BCUT2D eigenvalue weighted by molar-refractivity contribution is 0.368. The maximum Gasteiger partial charge on any atom is 0.174 e. The van der Waals surface area contributed by atoms with E-state index in [1.807, 2.05) is 48.3 Å². The third-order valence-corrected chi connectivity index (χ3v) is 3.21. The van der Waals surface area contributed by atoms with Gasteiger partial charge < -0.3 is 10.1 Å². The number of hydrogen-bond donors (Lipinski definition) is 1. The summed E-state index contributed by atoms with van der Waals surface area (Å²) in [5.74, 6) is 0.721. The van der Waals surface area contributed by atoms with Crippen molar-refractivity contribution < 1.29 is 4.74 Å². The smallest absolute Gasteiger partial charge is 0.174 e. The molecule has 0 bridgehead atoms. The average molecular weight is 270 g/mol. The average Bonchev–Trinajstić information content (AvgIpc) is 2.78. The summed E-state index contributed by atoms with van der Waals surface area (Å²) >= 11 is 0. The number of rotatable bonds is 6. The molecule has 20 heavy (non-hydrogen) atoms. The molecule has 0 atom stereocenters. The molecule has 5 nitrogen and oxygen atoms in total. The summed E-state index contributed by atoms with van der Waals surface area (Å²) in [4.78, 5) is 0. The first-order chi connectivity index (χ1) is 9.70. The molecule has 1 aromatic carbocycles. The van der Waals surface area contributed by atoms with E-state index in [9.17, 15) is 0 Å². The molecule has 2 aromatic rings. The molecular formula is C15H18N4O. The van der Waals surface area contributed by atoms with Gasteiger partial charge in [-0.25, -0.2) is 0 Å². The minimum Gasteiger partial charge on any atom is -0.479 e. The first kappa shape index (κ1) is 14.1. The van der Waals surface area contributed by atoms with Crippen molar-refractivity contribution in [3.63, 3.8) is 0 Å². The molecule has 104 valence electrons. The van der Waals surface area contributed by atoms with Gasteiger partial charge in [0.25, 0.3) is 0 Å². The van der Waals surface area contributed by atoms with E-state index in [-0.39, 0.29) is 6.61 Å². The molecule has 0 saturated heterocycles. The second-order valence-electron chi connectivity index (χ2n) is 4.57. The standard InChI is InChI=1S/C15H18N4O/c1-12-14(11-18-19(12)2)10-17-9-13-3-5-15(6-4-13)20-8-7-16/h3-6,11,17H,8-10H2,1-2H3. The highest BCUT2D eigenvalue weighted by molar-refractivity contribution is 5.27. The lowest BCUT2D eigenvalue weighted by Gasteiger charge is -2.06. The van der Waals surface area contributed by atoms with Crippen LogP contribution in [0.15, 0.2) is 30.5 Å². The zero-order valence-corrected chi connectivity index (χ0v) is 11.8. The Morgan fingerprint density at radius 2 is 2.05 bits per heavy atom. The van der Waals surface area contributed by atoms with Crippen LogP contribution in [0.5, 0.6) is 5.75 Å². The Morgan fingerprint density at radius 1 is 1.30 bits per heavy atom. The van der Waals surface area contributed by atoms with Gasteiger partial charge >= 0.3 is 0 Å². The van der Waals surface area contributed by atoms with E-state index in [0.29, 0.717) is 0 Å². The summed E-state index contributed by atoms with van der Waals surface area (Å²) in [6.45, 7) is 3.72. The van der Waals surface area contributed by atoms with Crippen LogP contribution in [0.4, 0.5) is 0 Å². The number of hydrogen-bond acceptors (Lipinski definition) is 4. The lowest BCUT2D eigenvalue weighted by Crippen LogP contribution is -2.13. The Labute approximate surface area is 118 Å². The second-order valence-corrected chi connectivity index (χ2v) is 4.57. The summed E-state index contributed by atoms with van der Waals surface area (Å²) in [6, 6.07) is 9.70. The van der Waals surface area contributed by atoms with Crippen molar-refractivity contribution in [2.24, 2.45) is 7.05 Å². The van der Waals surface area contributed by atoms with Gasteiger partial charge in [0.2, 0.25) is 0 Å². The molecule has 5 heteroatoms. The number of benzene rings is 1. The molecule has 0 unspecified atom stereocenters. The van der Waals surface area contributed by atoms with Crippen molar-refractivity contribution in [2.45, 2.75) is 20.0 Å². The van der Waals surface area contributed by atoms with Gasteiger partial charge in [0.05, 0.1) is 6.20 Å². The van der Waals surface area contributed by atoms with Crippen molar-refractivity contribution >= 4 is 0 Å². The van der Waals surface area contributed by atoms with Crippen molar-refractivity contribution in [1.29, 1.82) is 5.26 Å². The Hall–Kier alpha value is -2.32. The van der Waals surface area contributed by atoms with Crippen LogP contribution >= 0.6 is 0 Å². The SMILES string of the molecule is Cc1c(CNCc2ccc(OCC#N)cc2)cnn1C. The first-order valence-corrected chi connectivity index (χ1v) is 6.47. The van der Waals surface area contributed by atoms with Crippen LogP contribution in [-0.2, 0) is 20.1 Å². The van der Waals surface area contributed by atoms with Crippen LogP contribution in [0.1, 0.15) is 16.8 Å². The Kier molecular flexibility index (Phi) is 4.75. The molecule has 1 heterocycles. The molecule has 0 spiro atoms. The summed E-state index contributed by atoms with van der Waals surface area (Å²) in [5.41, 5.74) is 3.56. The van der Waals surface area contributed by atoms with Gasteiger partial charge in [0, 0.05) is 31.4 Å². The summed E-state index contributed by atoms with van der Waals surface area (Å²) in [6.07, 6.45) is 1.89. The van der Waals surface area contributed by atoms with Gasteiger partial charge in [0.15, 0.2) is 6.61 Å². The summed E-state index contributed by atoms with van der Waals surface area (Å²) in [7, 11) is 1.94. The van der Waals surface area contributed by atoms with Crippen LogP contribution in [0.2, 0.25) is 0 Å². The predicted octanol–water partition coefficient (Wildman–Crippen LogP) is 1.92. The van der Waals surface area contributed by atoms with Gasteiger partial charge in [-0.2, -0.15) is 10.4 Å². The number of nitriles is 1. The normalized spacial score (nSPS) is 10.2. The van der Waals surface area contributed by atoms with Crippen molar-refractivity contribution in [3.8, 4) is 11.8 Å². The fourth-order valence-electron chi connectivity index (χ4n) is 1.88. The Bertz CT molecular complexity index is 595. The first-order valence-electron chi connectivity index (χ1n) is 6.47. The van der Waals surface area contributed by atoms with Gasteiger partial charge in [0.1, 0.15) is 11.8 Å². The number of nitrogens with zero attached hydrogens (tertiary/aromatic N) is 3. The zero-order valence-electron chi connectivity index (χ0n) is 11.8. The fourth-order valence-corrected chi connectivity index (χ4v) is 1.88. The van der Waals surface area contributed by atoms with E-state index in [1.165, 1.54) is 16.8 Å². The maximum atomic E-state index is 8.44. The van der Waals surface area contributed by atoms with Crippen molar-refractivity contribution in [3.05, 3.63) is 47.3 Å². The van der Waals surface area contributed by atoms with Crippen LogP contribution < -0.4 is 10.1 Å². The molecule has 2 rings (SSSR count).